The predicted molar refractivity (Wildman–Crippen MR) is 129 cm³/mol. The standard InChI is InChI=1S/C27H21BrN2/c28-19-14-15-23-22(16-19)27(17-24(29-23)18-8-2-1-3-9-18)30-25-12-6-4-10-20(25)21-11-5-7-13-26(21)30/h1-16,24,27,29H,17H2/t24-,27-/m0/s1. The van der Waals surface area contributed by atoms with E-state index in [1.165, 1.54) is 38.6 Å². The molecule has 0 fully saturated rings. The summed E-state index contributed by atoms with van der Waals surface area (Å²) in [4.78, 5) is 0. The molecule has 0 saturated heterocycles. The van der Waals surface area contributed by atoms with Gasteiger partial charge in [-0.1, -0.05) is 82.7 Å². The molecule has 30 heavy (non-hydrogen) atoms. The normalized spacial score (nSPS) is 18.3. The number of halogens is 1. The summed E-state index contributed by atoms with van der Waals surface area (Å²) in [5.41, 5.74) is 6.47. The fourth-order valence-corrected chi connectivity index (χ4v) is 5.35. The minimum Gasteiger partial charge on any atom is -0.378 e. The number of anilines is 1. The number of hydrogen-bond donors (Lipinski definition) is 1. The van der Waals surface area contributed by atoms with E-state index in [1.807, 2.05) is 0 Å². The molecule has 0 bridgehead atoms. The van der Waals surface area contributed by atoms with E-state index in [0.717, 1.165) is 10.9 Å². The molecule has 1 aromatic heterocycles. The lowest BCUT2D eigenvalue weighted by Gasteiger charge is -2.35. The molecule has 5 aromatic rings. The van der Waals surface area contributed by atoms with Crippen LogP contribution in [0, 0.1) is 0 Å². The van der Waals surface area contributed by atoms with Gasteiger partial charge in [0.05, 0.1) is 12.1 Å². The molecule has 0 saturated carbocycles. The van der Waals surface area contributed by atoms with Crippen LogP contribution in [-0.2, 0) is 0 Å². The van der Waals surface area contributed by atoms with Crippen LogP contribution in [0.5, 0.6) is 0 Å². The van der Waals surface area contributed by atoms with Gasteiger partial charge in [-0.25, -0.2) is 0 Å². The first-order valence-electron chi connectivity index (χ1n) is 10.4. The summed E-state index contributed by atoms with van der Waals surface area (Å²) in [6, 6.07) is 35.5. The van der Waals surface area contributed by atoms with Crippen LogP contribution in [0.3, 0.4) is 0 Å². The first-order chi connectivity index (χ1) is 14.8. The number of aromatic nitrogens is 1. The van der Waals surface area contributed by atoms with Gasteiger partial charge in [0.2, 0.25) is 0 Å². The fraction of sp³-hybridized carbons (Fsp3) is 0.111. The summed E-state index contributed by atoms with van der Waals surface area (Å²) < 4.78 is 3.67. The van der Waals surface area contributed by atoms with Gasteiger partial charge in [0, 0.05) is 32.0 Å². The molecule has 3 heteroatoms. The molecule has 0 aliphatic carbocycles. The van der Waals surface area contributed by atoms with E-state index in [-0.39, 0.29) is 12.1 Å². The van der Waals surface area contributed by atoms with Crippen LogP contribution < -0.4 is 5.32 Å². The Morgan fingerprint density at radius 1 is 0.733 bits per heavy atom. The number of nitrogens with zero attached hydrogens (tertiary/aromatic N) is 1. The summed E-state index contributed by atoms with van der Waals surface area (Å²) in [6.45, 7) is 0. The number of hydrogen-bond acceptors (Lipinski definition) is 1. The molecule has 146 valence electrons. The molecule has 6 rings (SSSR count). The lowest BCUT2D eigenvalue weighted by Crippen LogP contribution is -2.25. The van der Waals surface area contributed by atoms with Crippen molar-refractivity contribution >= 4 is 43.4 Å². The van der Waals surface area contributed by atoms with Crippen molar-refractivity contribution < 1.29 is 0 Å². The second kappa shape index (κ2) is 7.03. The van der Waals surface area contributed by atoms with Gasteiger partial charge >= 0.3 is 0 Å². The molecule has 2 atom stereocenters. The number of para-hydroxylation sites is 2. The van der Waals surface area contributed by atoms with Gasteiger partial charge in [0.15, 0.2) is 0 Å². The van der Waals surface area contributed by atoms with Crippen molar-refractivity contribution in [2.75, 3.05) is 5.32 Å². The lowest BCUT2D eigenvalue weighted by molar-refractivity contribution is 0.505. The van der Waals surface area contributed by atoms with Crippen LogP contribution in [0.15, 0.2) is 102 Å². The molecule has 0 spiro atoms. The Labute approximate surface area is 184 Å². The third-order valence-electron chi connectivity index (χ3n) is 6.29. The van der Waals surface area contributed by atoms with Crippen molar-refractivity contribution in [3.8, 4) is 0 Å². The van der Waals surface area contributed by atoms with Crippen molar-refractivity contribution in [2.24, 2.45) is 0 Å². The van der Waals surface area contributed by atoms with Crippen molar-refractivity contribution in [1.82, 2.24) is 4.57 Å². The molecule has 2 heterocycles. The van der Waals surface area contributed by atoms with Gasteiger partial charge in [-0.05, 0) is 47.9 Å². The van der Waals surface area contributed by atoms with Crippen LogP contribution >= 0.6 is 15.9 Å². The zero-order valence-electron chi connectivity index (χ0n) is 16.4. The molecular formula is C27H21BrN2. The zero-order chi connectivity index (χ0) is 20.1. The van der Waals surface area contributed by atoms with Gasteiger partial charge in [0.1, 0.15) is 0 Å². The van der Waals surface area contributed by atoms with Crippen molar-refractivity contribution in [3.63, 3.8) is 0 Å². The summed E-state index contributed by atoms with van der Waals surface area (Å²) in [5, 5.41) is 6.43. The van der Waals surface area contributed by atoms with E-state index in [9.17, 15) is 0 Å². The highest BCUT2D eigenvalue weighted by Gasteiger charge is 2.30. The van der Waals surface area contributed by atoms with Crippen LogP contribution in [0.25, 0.3) is 21.8 Å². The molecular weight excluding hydrogens is 432 g/mol. The predicted octanol–water partition coefficient (Wildman–Crippen LogP) is 7.70. The molecule has 2 nitrogen and oxygen atoms in total. The quantitative estimate of drug-likeness (QED) is 0.290. The van der Waals surface area contributed by atoms with E-state index in [1.54, 1.807) is 0 Å². The van der Waals surface area contributed by atoms with Crippen molar-refractivity contribution in [2.45, 2.75) is 18.5 Å². The highest BCUT2D eigenvalue weighted by Crippen LogP contribution is 2.45. The SMILES string of the molecule is Brc1ccc2c(c1)[C@@H](n1c3ccccc3c3ccccc31)C[C@@H](c1ccccc1)N2. The minimum absolute atomic E-state index is 0.244. The molecule has 1 aliphatic rings. The number of fused-ring (bicyclic) bond motifs is 4. The molecule has 0 radical (unpaired) electrons. The molecule has 4 aromatic carbocycles. The van der Waals surface area contributed by atoms with E-state index >= 15 is 0 Å². The van der Waals surface area contributed by atoms with E-state index in [4.69, 9.17) is 0 Å². The first kappa shape index (κ1) is 17.8. The largest absolute Gasteiger partial charge is 0.378 e. The van der Waals surface area contributed by atoms with Crippen LogP contribution in [-0.4, -0.2) is 4.57 Å². The monoisotopic (exact) mass is 452 g/mol. The number of rotatable bonds is 2. The average molecular weight is 453 g/mol. The highest BCUT2D eigenvalue weighted by atomic mass is 79.9. The van der Waals surface area contributed by atoms with Gasteiger partial charge in [0.25, 0.3) is 0 Å². The maximum Gasteiger partial charge on any atom is 0.0635 e. The second-order valence-electron chi connectivity index (χ2n) is 7.99. The molecule has 1 aliphatic heterocycles. The van der Waals surface area contributed by atoms with Crippen molar-refractivity contribution in [1.29, 1.82) is 0 Å². The van der Waals surface area contributed by atoms with Crippen LogP contribution in [0.2, 0.25) is 0 Å². The average Bonchev–Trinajstić information content (AvgIpc) is 3.13. The topological polar surface area (TPSA) is 17.0 Å². The Bertz CT molecular complexity index is 1320. The van der Waals surface area contributed by atoms with E-state index in [2.05, 4.69) is 123 Å². The maximum atomic E-state index is 3.79. The third-order valence-corrected chi connectivity index (χ3v) is 6.79. The first-order valence-corrected chi connectivity index (χ1v) is 11.2. The summed E-state index contributed by atoms with van der Waals surface area (Å²) in [6.07, 6.45) is 0.996. The Hall–Kier alpha value is -3.04. The van der Waals surface area contributed by atoms with Crippen LogP contribution in [0.4, 0.5) is 5.69 Å². The molecule has 0 amide bonds. The molecule has 0 unspecified atom stereocenters. The smallest absolute Gasteiger partial charge is 0.0635 e. The Morgan fingerprint density at radius 2 is 1.37 bits per heavy atom. The summed E-state index contributed by atoms with van der Waals surface area (Å²) >= 11 is 3.70. The van der Waals surface area contributed by atoms with Gasteiger partial charge in [-0.3, -0.25) is 0 Å². The summed E-state index contributed by atoms with van der Waals surface area (Å²) in [7, 11) is 0. The van der Waals surface area contributed by atoms with Crippen molar-refractivity contribution in [3.05, 3.63) is 113 Å². The second-order valence-corrected chi connectivity index (χ2v) is 8.91. The van der Waals surface area contributed by atoms with Gasteiger partial charge in [-0.15, -0.1) is 0 Å². The Balaban J connectivity index is 1.62. The molecule has 1 N–H and O–H groups in total. The van der Waals surface area contributed by atoms with Crippen LogP contribution in [0.1, 0.15) is 29.6 Å². The van der Waals surface area contributed by atoms with E-state index in [0.29, 0.717) is 0 Å². The van der Waals surface area contributed by atoms with Gasteiger partial charge < -0.3 is 9.88 Å². The summed E-state index contributed by atoms with van der Waals surface area (Å²) in [5.74, 6) is 0. The lowest BCUT2D eigenvalue weighted by atomic mass is 9.89. The zero-order valence-corrected chi connectivity index (χ0v) is 18.0. The maximum absolute atomic E-state index is 3.79. The van der Waals surface area contributed by atoms with Gasteiger partial charge in [-0.2, -0.15) is 0 Å². The number of nitrogens with one attached hydrogen (secondary N) is 1. The highest BCUT2D eigenvalue weighted by molar-refractivity contribution is 9.10. The minimum atomic E-state index is 0.244. The fourth-order valence-electron chi connectivity index (χ4n) is 4.98. The Morgan fingerprint density at radius 3 is 2.07 bits per heavy atom. The number of benzene rings is 4. The van der Waals surface area contributed by atoms with E-state index < -0.39 is 0 Å². The third kappa shape index (κ3) is 2.77. The Kier molecular flexibility index (Phi) is 4.17.